The monoisotopic (exact) mass is 391 g/mol. The van der Waals surface area contributed by atoms with E-state index >= 15 is 0 Å². The van der Waals surface area contributed by atoms with Gasteiger partial charge >= 0.3 is 18.2 Å². The number of ketones is 1. The van der Waals surface area contributed by atoms with E-state index in [4.69, 9.17) is 0 Å². The highest BCUT2D eigenvalue weighted by atomic mass is 19.4. The normalized spacial score (nSPS) is 13.6. The number of rotatable bonds is 6. The van der Waals surface area contributed by atoms with E-state index in [2.05, 4.69) is 4.74 Å². The molecule has 0 fully saturated rings. The first kappa shape index (κ1) is 20.9. The van der Waals surface area contributed by atoms with Crippen LogP contribution in [0.15, 0.2) is 30.5 Å². The highest BCUT2D eigenvalue weighted by molar-refractivity contribution is 5.96. The zero-order valence-electron chi connectivity index (χ0n) is 14.6. The van der Waals surface area contributed by atoms with Gasteiger partial charge in [-0.2, -0.15) is 22.0 Å². The van der Waals surface area contributed by atoms with Crippen molar-refractivity contribution < 1.29 is 36.3 Å². The Kier molecular flexibility index (Phi) is 5.91. The molecule has 0 spiro atoms. The number of methoxy groups -OCH3 is 1. The Morgan fingerprint density at radius 1 is 1.15 bits per heavy atom. The fourth-order valence-corrected chi connectivity index (χ4v) is 2.98. The fourth-order valence-electron chi connectivity index (χ4n) is 2.98. The maximum atomic E-state index is 13.1. The Balaban J connectivity index is 2.32. The number of Topliss-reactive ketones (excluding diaryl/α,β-unsaturated/α-hetero) is 1. The molecule has 2 aromatic rings. The van der Waals surface area contributed by atoms with Gasteiger partial charge in [0.2, 0.25) is 0 Å². The lowest BCUT2D eigenvalue weighted by molar-refractivity contribution is -0.284. The van der Waals surface area contributed by atoms with E-state index in [9.17, 15) is 31.5 Å². The van der Waals surface area contributed by atoms with Crippen molar-refractivity contribution in [1.29, 1.82) is 0 Å². The van der Waals surface area contributed by atoms with Gasteiger partial charge in [-0.05, 0) is 31.4 Å². The number of hydrogen-bond donors (Lipinski definition) is 0. The second-order valence-corrected chi connectivity index (χ2v) is 6.20. The van der Waals surface area contributed by atoms with Crippen molar-refractivity contribution in [3.63, 3.8) is 0 Å². The van der Waals surface area contributed by atoms with Crippen molar-refractivity contribution >= 4 is 22.8 Å². The van der Waals surface area contributed by atoms with Gasteiger partial charge in [-0.1, -0.05) is 18.2 Å². The first-order valence-corrected chi connectivity index (χ1v) is 8.13. The molecule has 0 saturated carbocycles. The maximum Gasteiger partial charge on any atom is 0.453 e. The number of alkyl halides is 5. The van der Waals surface area contributed by atoms with Crippen LogP contribution in [0.5, 0.6) is 0 Å². The summed E-state index contributed by atoms with van der Waals surface area (Å²) in [6.45, 7) is 1.23. The lowest BCUT2D eigenvalue weighted by Crippen LogP contribution is -2.36. The first-order chi connectivity index (χ1) is 12.5. The molecule has 0 N–H and O–H groups in total. The summed E-state index contributed by atoms with van der Waals surface area (Å²) in [5.41, 5.74) is 0.838. The Bertz CT molecular complexity index is 841. The highest BCUT2D eigenvalue weighted by Gasteiger charge is 2.56. The Labute approximate surface area is 151 Å². The highest BCUT2D eigenvalue weighted by Crippen LogP contribution is 2.40. The smallest absolute Gasteiger partial charge is 0.452 e. The summed E-state index contributed by atoms with van der Waals surface area (Å²) in [6, 6.07) is 6.59. The molecule has 0 aliphatic carbocycles. The summed E-state index contributed by atoms with van der Waals surface area (Å²) in [4.78, 5) is 24.0. The molecular weight excluding hydrogens is 373 g/mol. The Morgan fingerprint density at radius 2 is 1.78 bits per heavy atom. The minimum Gasteiger partial charge on any atom is -0.452 e. The largest absolute Gasteiger partial charge is 0.453 e. The van der Waals surface area contributed by atoms with Crippen molar-refractivity contribution in [2.75, 3.05) is 7.11 Å². The van der Waals surface area contributed by atoms with Crippen molar-refractivity contribution in [3.8, 4) is 0 Å². The molecule has 0 saturated heterocycles. The summed E-state index contributed by atoms with van der Waals surface area (Å²) in [5, 5.41) is 0.533. The summed E-state index contributed by atoms with van der Waals surface area (Å²) in [6.07, 6.45) is -7.08. The van der Waals surface area contributed by atoms with Crippen LogP contribution >= 0.6 is 0 Å². The van der Waals surface area contributed by atoms with E-state index in [0.717, 1.165) is 0 Å². The lowest BCUT2D eigenvalue weighted by atomic mass is 9.89. The van der Waals surface area contributed by atoms with Gasteiger partial charge in [-0.3, -0.25) is 9.36 Å². The van der Waals surface area contributed by atoms with Crippen molar-refractivity contribution in [1.82, 2.24) is 4.57 Å². The summed E-state index contributed by atoms with van der Waals surface area (Å²) in [5.74, 6) is -6.11. The van der Waals surface area contributed by atoms with Gasteiger partial charge in [0.15, 0.2) is 0 Å². The van der Waals surface area contributed by atoms with Crippen molar-refractivity contribution in [2.45, 2.75) is 44.2 Å². The summed E-state index contributed by atoms with van der Waals surface area (Å²) < 4.78 is 69.0. The molecular formula is C18H18F5NO3. The number of ether oxygens (including phenoxy) is 1. The van der Waals surface area contributed by atoms with Crippen LogP contribution in [0.25, 0.3) is 10.9 Å². The maximum absolute atomic E-state index is 13.1. The molecule has 0 aliphatic heterocycles. The minimum absolute atomic E-state index is 0.198. The first-order valence-electron chi connectivity index (χ1n) is 8.13. The van der Waals surface area contributed by atoms with E-state index in [1.165, 1.54) is 24.8 Å². The molecule has 0 amide bonds. The zero-order valence-corrected chi connectivity index (χ0v) is 14.6. The van der Waals surface area contributed by atoms with E-state index in [1.807, 2.05) is 0 Å². The van der Waals surface area contributed by atoms with E-state index in [0.29, 0.717) is 16.5 Å². The number of para-hydroxylation sites is 1. The third-order valence-corrected chi connectivity index (χ3v) is 4.38. The van der Waals surface area contributed by atoms with E-state index in [-0.39, 0.29) is 6.42 Å². The number of nitrogens with zero attached hydrogens (tertiary/aromatic N) is 1. The molecule has 1 unspecified atom stereocenters. The quantitative estimate of drug-likeness (QED) is 0.628. The van der Waals surface area contributed by atoms with Crippen molar-refractivity contribution in [2.24, 2.45) is 0 Å². The molecule has 9 heteroatoms. The third kappa shape index (κ3) is 4.28. The van der Waals surface area contributed by atoms with Crippen LogP contribution < -0.4 is 0 Å². The van der Waals surface area contributed by atoms with Gasteiger partial charge in [0.1, 0.15) is 5.78 Å². The molecule has 1 heterocycles. The van der Waals surface area contributed by atoms with Gasteiger partial charge in [0.05, 0.1) is 12.6 Å². The predicted octanol–water partition coefficient (Wildman–Crippen LogP) is 5.30. The van der Waals surface area contributed by atoms with Crippen LogP contribution in [0.3, 0.4) is 0 Å². The molecule has 0 aliphatic rings. The number of halogens is 5. The second-order valence-electron chi connectivity index (χ2n) is 6.20. The molecule has 4 nitrogen and oxygen atoms in total. The van der Waals surface area contributed by atoms with Crippen LogP contribution in [0.2, 0.25) is 0 Å². The minimum atomic E-state index is -5.63. The molecule has 2 rings (SSSR count). The van der Waals surface area contributed by atoms with Gasteiger partial charge < -0.3 is 4.74 Å². The fraction of sp³-hybridized carbons (Fsp3) is 0.444. The second kappa shape index (κ2) is 7.66. The predicted molar refractivity (Wildman–Crippen MR) is 88.0 cm³/mol. The zero-order chi connectivity index (χ0) is 20.4. The molecule has 1 aromatic heterocycles. The van der Waals surface area contributed by atoms with Crippen molar-refractivity contribution in [3.05, 3.63) is 36.0 Å². The lowest BCUT2D eigenvalue weighted by Gasteiger charge is -2.20. The Hall–Kier alpha value is -2.45. The number of fused-ring (bicyclic) bond motifs is 1. The third-order valence-electron chi connectivity index (χ3n) is 4.38. The number of carbonyl (C=O) groups is 2. The van der Waals surface area contributed by atoms with Gasteiger partial charge in [-0.25, -0.2) is 4.79 Å². The number of aromatic nitrogens is 1. The van der Waals surface area contributed by atoms with Crippen LogP contribution in [-0.4, -0.2) is 35.7 Å². The van der Waals surface area contributed by atoms with Crippen LogP contribution in [0.4, 0.5) is 26.7 Å². The summed E-state index contributed by atoms with van der Waals surface area (Å²) in [7, 11) is 1.18. The molecule has 0 radical (unpaired) electrons. The van der Waals surface area contributed by atoms with Gasteiger partial charge in [0, 0.05) is 23.9 Å². The number of hydrogen-bond acceptors (Lipinski definition) is 3. The van der Waals surface area contributed by atoms with Crippen LogP contribution in [-0.2, 0) is 9.53 Å². The summed E-state index contributed by atoms with van der Waals surface area (Å²) >= 11 is 0. The van der Waals surface area contributed by atoms with Crippen LogP contribution in [0, 0.1) is 0 Å². The topological polar surface area (TPSA) is 48.3 Å². The van der Waals surface area contributed by atoms with E-state index in [1.54, 1.807) is 24.3 Å². The van der Waals surface area contributed by atoms with Gasteiger partial charge in [0.25, 0.3) is 0 Å². The number of carbonyl (C=O) groups excluding carboxylic acids is 2. The van der Waals surface area contributed by atoms with Crippen LogP contribution in [0.1, 0.15) is 37.7 Å². The molecule has 1 aromatic carbocycles. The standard InChI is InChI=1S/C18H18F5NO3/c1-11(25)12(7-5-9-17(19,20)18(21,22)23)14-10-24(16(26)27-2)15-8-4-3-6-13(14)15/h3-4,6,8,10,12H,5,7,9H2,1-2H3. The SMILES string of the molecule is COC(=O)n1cc(C(CCCC(F)(F)C(F)(F)F)C(C)=O)c2ccccc21. The number of benzene rings is 1. The molecule has 27 heavy (non-hydrogen) atoms. The molecule has 0 bridgehead atoms. The Morgan fingerprint density at radius 3 is 2.33 bits per heavy atom. The average Bonchev–Trinajstić information content (AvgIpc) is 2.96. The molecule has 148 valence electrons. The van der Waals surface area contributed by atoms with Gasteiger partial charge in [-0.15, -0.1) is 0 Å². The van der Waals surface area contributed by atoms with E-state index < -0.39 is 42.7 Å². The molecule has 1 atom stereocenters. The average molecular weight is 391 g/mol.